The van der Waals surface area contributed by atoms with Crippen LogP contribution in [0.2, 0.25) is 0 Å². The Bertz CT molecular complexity index is 273. The van der Waals surface area contributed by atoms with Gasteiger partial charge in [0.15, 0.2) is 0 Å². The van der Waals surface area contributed by atoms with E-state index in [0.717, 1.165) is 0 Å². The summed E-state index contributed by atoms with van der Waals surface area (Å²) in [5, 5.41) is 0. The molecule has 0 aliphatic carbocycles. The Morgan fingerprint density at radius 3 is 2.45 bits per heavy atom. The third-order valence-electron chi connectivity index (χ3n) is 1.33. The molecule has 0 saturated heterocycles. The molecule has 0 atom stereocenters. The van der Waals surface area contributed by atoms with Crippen molar-refractivity contribution in [3.63, 3.8) is 0 Å². The van der Waals surface area contributed by atoms with E-state index in [9.17, 15) is 8.78 Å². The van der Waals surface area contributed by atoms with Gasteiger partial charge in [-0.25, -0.2) is 8.78 Å². The van der Waals surface area contributed by atoms with Crippen LogP contribution in [0.3, 0.4) is 0 Å². The molecular formula is C7H4BrF2I. The maximum absolute atomic E-state index is 12.9. The molecule has 0 spiro atoms. The van der Waals surface area contributed by atoms with Crippen molar-refractivity contribution >= 4 is 38.5 Å². The molecule has 0 unspecified atom stereocenters. The Kier molecular flexibility index (Phi) is 2.85. The first kappa shape index (κ1) is 9.38. The normalized spacial score (nSPS) is 10.3. The van der Waals surface area contributed by atoms with E-state index in [1.54, 1.807) is 0 Å². The van der Waals surface area contributed by atoms with Gasteiger partial charge < -0.3 is 0 Å². The molecule has 4 heteroatoms. The van der Waals surface area contributed by atoms with Crippen molar-refractivity contribution in [2.75, 3.05) is 0 Å². The summed E-state index contributed by atoms with van der Waals surface area (Å²) in [6.07, 6.45) is 0. The first-order chi connectivity index (χ1) is 5.04. The minimum Gasteiger partial charge on any atom is -0.205 e. The summed E-state index contributed by atoms with van der Waals surface area (Å²) in [5.41, 5.74) is 0.0591. The highest BCUT2D eigenvalue weighted by molar-refractivity contribution is 14.1. The van der Waals surface area contributed by atoms with Crippen molar-refractivity contribution in [1.29, 1.82) is 0 Å². The number of benzene rings is 1. The van der Waals surface area contributed by atoms with Gasteiger partial charge in [-0.15, -0.1) is 0 Å². The van der Waals surface area contributed by atoms with Gasteiger partial charge in [0, 0.05) is 5.56 Å². The highest BCUT2D eigenvalue weighted by Crippen LogP contribution is 2.25. The Labute approximate surface area is 85.3 Å². The second-order valence-corrected chi connectivity index (χ2v) is 4.11. The Balaban J connectivity index is 3.46. The lowest BCUT2D eigenvalue weighted by atomic mass is 10.2. The largest absolute Gasteiger partial charge is 0.205 e. The highest BCUT2D eigenvalue weighted by Gasteiger charge is 2.11. The van der Waals surface area contributed by atoms with Gasteiger partial charge in [0.25, 0.3) is 0 Å². The van der Waals surface area contributed by atoms with Gasteiger partial charge in [0.1, 0.15) is 11.6 Å². The topological polar surface area (TPSA) is 0 Å². The van der Waals surface area contributed by atoms with Crippen LogP contribution in [0.4, 0.5) is 8.78 Å². The monoisotopic (exact) mass is 332 g/mol. The fourth-order valence-electron chi connectivity index (χ4n) is 0.693. The molecule has 60 valence electrons. The van der Waals surface area contributed by atoms with E-state index in [2.05, 4.69) is 15.9 Å². The van der Waals surface area contributed by atoms with Crippen LogP contribution < -0.4 is 0 Å². The molecule has 0 fully saturated rings. The molecule has 11 heavy (non-hydrogen) atoms. The van der Waals surface area contributed by atoms with E-state index >= 15 is 0 Å². The van der Waals surface area contributed by atoms with Crippen LogP contribution >= 0.6 is 38.5 Å². The maximum Gasteiger partial charge on any atom is 0.143 e. The van der Waals surface area contributed by atoms with Gasteiger partial charge in [0.2, 0.25) is 0 Å². The quantitative estimate of drug-likeness (QED) is 0.502. The van der Waals surface area contributed by atoms with Crippen molar-refractivity contribution in [3.8, 4) is 0 Å². The number of rotatable bonds is 0. The van der Waals surface area contributed by atoms with Crippen molar-refractivity contribution in [1.82, 2.24) is 0 Å². The SMILES string of the molecule is Cc1c(F)c(Br)cc(I)c1F. The molecule has 0 aliphatic rings. The van der Waals surface area contributed by atoms with E-state index in [1.165, 1.54) is 13.0 Å². The summed E-state index contributed by atoms with van der Waals surface area (Å²) < 4.78 is 26.5. The van der Waals surface area contributed by atoms with E-state index < -0.39 is 11.6 Å². The third-order valence-corrected chi connectivity index (χ3v) is 2.69. The van der Waals surface area contributed by atoms with Crippen LogP contribution in [0.25, 0.3) is 0 Å². The average Bonchev–Trinajstić information content (AvgIpc) is 1.97. The molecule has 0 amide bonds. The van der Waals surface area contributed by atoms with Crippen molar-refractivity contribution in [2.45, 2.75) is 6.92 Å². The zero-order valence-corrected chi connectivity index (χ0v) is 9.33. The summed E-state index contributed by atoms with van der Waals surface area (Å²) in [5.74, 6) is -1.01. The molecule has 1 aromatic rings. The third kappa shape index (κ3) is 1.72. The van der Waals surface area contributed by atoms with Gasteiger partial charge in [-0.1, -0.05) is 0 Å². The summed E-state index contributed by atoms with van der Waals surface area (Å²) in [4.78, 5) is 0. The molecule has 0 radical (unpaired) electrons. The molecule has 0 N–H and O–H groups in total. The fourth-order valence-corrected chi connectivity index (χ4v) is 2.36. The Morgan fingerprint density at radius 1 is 1.36 bits per heavy atom. The molecule has 0 saturated carbocycles. The molecule has 0 heterocycles. The van der Waals surface area contributed by atoms with Gasteiger partial charge in [0.05, 0.1) is 8.04 Å². The zero-order chi connectivity index (χ0) is 8.59. The van der Waals surface area contributed by atoms with E-state index in [4.69, 9.17) is 0 Å². The molecule has 0 aliphatic heterocycles. The average molecular weight is 333 g/mol. The lowest BCUT2D eigenvalue weighted by Crippen LogP contribution is -1.93. The van der Waals surface area contributed by atoms with Gasteiger partial charge >= 0.3 is 0 Å². The fraction of sp³-hybridized carbons (Fsp3) is 0.143. The minimum absolute atomic E-state index is 0.0591. The molecule has 1 rings (SSSR count). The van der Waals surface area contributed by atoms with Gasteiger partial charge in [-0.05, 0) is 51.5 Å². The highest BCUT2D eigenvalue weighted by atomic mass is 127. The van der Waals surface area contributed by atoms with Crippen LogP contribution in [0, 0.1) is 22.1 Å². The lowest BCUT2D eigenvalue weighted by Gasteiger charge is -2.02. The van der Waals surface area contributed by atoms with Gasteiger partial charge in [-0.3, -0.25) is 0 Å². The predicted octanol–water partition coefficient (Wildman–Crippen LogP) is 3.64. The second-order valence-electron chi connectivity index (χ2n) is 2.09. The first-order valence-electron chi connectivity index (χ1n) is 2.83. The second kappa shape index (κ2) is 3.35. The lowest BCUT2D eigenvalue weighted by molar-refractivity contribution is 0.559. The van der Waals surface area contributed by atoms with Crippen LogP contribution in [0.1, 0.15) is 5.56 Å². The molecule has 0 nitrogen and oxygen atoms in total. The zero-order valence-electron chi connectivity index (χ0n) is 5.59. The minimum atomic E-state index is -0.525. The standard InChI is InChI=1S/C7H4BrF2I/c1-3-6(9)4(8)2-5(11)7(3)10/h2H,1H3. The summed E-state index contributed by atoms with van der Waals surface area (Å²) in [6.45, 7) is 1.41. The van der Waals surface area contributed by atoms with Crippen molar-refractivity contribution in [2.24, 2.45) is 0 Å². The van der Waals surface area contributed by atoms with E-state index in [0.29, 0.717) is 8.04 Å². The molecule has 0 aromatic heterocycles. The number of hydrogen-bond acceptors (Lipinski definition) is 0. The summed E-state index contributed by atoms with van der Waals surface area (Å²) >= 11 is 4.81. The predicted molar refractivity (Wildman–Crippen MR) is 51.5 cm³/mol. The van der Waals surface area contributed by atoms with Crippen molar-refractivity contribution < 1.29 is 8.78 Å². The first-order valence-corrected chi connectivity index (χ1v) is 4.71. The number of halogens is 4. The molecular weight excluding hydrogens is 329 g/mol. The summed E-state index contributed by atoms with van der Waals surface area (Å²) in [6, 6.07) is 1.41. The summed E-state index contributed by atoms with van der Waals surface area (Å²) in [7, 11) is 0. The van der Waals surface area contributed by atoms with Gasteiger partial charge in [-0.2, -0.15) is 0 Å². The van der Waals surface area contributed by atoms with E-state index in [-0.39, 0.29) is 5.56 Å². The Hall–Kier alpha value is 0.290. The molecule has 1 aromatic carbocycles. The van der Waals surface area contributed by atoms with Crippen molar-refractivity contribution in [3.05, 3.63) is 31.3 Å². The Morgan fingerprint density at radius 2 is 1.91 bits per heavy atom. The van der Waals surface area contributed by atoms with Crippen LogP contribution in [-0.4, -0.2) is 0 Å². The van der Waals surface area contributed by atoms with Crippen LogP contribution in [0.15, 0.2) is 10.5 Å². The maximum atomic E-state index is 12.9. The molecule has 0 bridgehead atoms. The number of hydrogen-bond donors (Lipinski definition) is 0. The smallest absolute Gasteiger partial charge is 0.143 e. The van der Waals surface area contributed by atoms with Crippen LogP contribution in [0.5, 0.6) is 0 Å². The van der Waals surface area contributed by atoms with E-state index in [1.807, 2.05) is 22.6 Å². The van der Waals surface area contributed by atoms with Crippen LogP contribution in [-0.2, 0) is 0 Å².